The number of alkyl halides is 3. The summed E-state index contributed by atoms with van der Waals surface area (Å²) in [4.78, 5) is 16.7. The summed E-state index contributed by atoms with van der Waals surface area (Å²) >= 11 is 7.69. The van der Waals surface area contributed by atoms with E-state index in [1.54, 1.807) is 24.3 Å². The van der Waals surface area contributed by atoms with Gasteiger partial charge in [-0.15, -0.1) is 11.8 Å². The highest BCUT2D eigenvalue weighted by molar-refractivity contribution is 7.99. The lowest BCUT2D eigenvalue weighted by Gasteiger charge is -2.24. The Morgan fingerprint density at radius 2 is 1.46 bits per heavy atom. The SMILES string of the molecule is Cc1c(C(=O)NCCN(C)C)c(-c2cccc(C#Cc3ccc(NS(=O)(=O)c4ccc(NC(CCN(C)C)CSc5ccccc5)c(S(=O)(=O)C(F)(F)F)c4)cc3)c2)c(-c2ccc(Cl)cc2)n1C. The van der Waals surface area contributed by atoms with Crippen LogP contribution in [0.3, 0.4) is 0 Å². The van der Waals surface area contributed by atoms with Gasteiger partial charge in [0.2, 0.25) is 0 Å². The van der Waals surface area contributed by atoms with Crippen molar-refractivity contribution in [3.63, 3.8) is 0 Å². The van der Waals surface area contributed by atoms with E-state index in [0.717, 1.165) is 45.1 Å². The van der Waals surface area contributed by atoms with Crippen molar-refractivity contribution >= 4 is 60.5 Å². The molecule has 0 aliphatic rings. The molecule has 0 saturated heterocycles. The number of halogens is 4. The van der Waals surface area contributed by atoms with Gasteiger partial charge in [0.15, 0.2) is 0 Å². The van der Waals surface area contributed by atoms with E-state index in [9.17, 15) is 34.8 Å². The molecule has 18 heteroatoms. The largest absolute Gasteiger partial charge is 0.501 e. The molecule has 1 heterocycles. The van der Waals surface area contributed by atoms with Crippen molar-refractivity contribution in [1.82, 2.24) is 19.7 Å². The minimum absolute atomic E-state index is 0.0622. The zero-order valence-electron chi connectivity index (χ0n) is 38.3. The summed E-state index contributed by atoms with van der Waals surface area (Å²) in [5, 5.41) is 6.61. The molecule has 6 rings (SSSR count). The van der Waals surface area contributed by atoms with Crippen molar-refractivity contribution in [2.45, 2.75) is 39.6 Å². The first-order valence-electron chi connectivity index (χ1n) is 21.3. The quantitative estimate of drug-likeness (QED) is 0.0569. The van der Waals surface area contributed by atoms with Crippen LogP contribution >= 0.6 is 23.4 Å². The maximum atomic E-state index is 14.1. The van der Waals surface area contributed by atoms with E-state index < -0.39 is 41.2 Å². The van der Waals surface area contributed by atoms with Crippen LogP contribution in [0.25, 0.3) is 22.4 Å². The van der Waals surface area contributed by atoms with Crippen LogP contribution < -0.4 is 15.4 Å². The van der Waals surface area contributed by atoms with Gasteiger partial charge in [0.1, 0.15) is 4.90 Å². The van der Waals surface area contributed by atoms with Gasteiger partial charge in [0, 0.05) is 69.9 Å². The fourth-order valence-corrected chi connectivity index (χ4v) is 10.4. The Hall–Kier alpha value is -5.74. The van der Waals surface area contributed by atoms with Crippen LogP contribution in [0.15, 0.2) is 136 Å². The van der Waals surface area contributed by atoms with Gasteiger partial charge < -0.3 is 25.0 Å². The van der Waals surface area contributed by atoms with Crippen molar-refractivity contribution in [1.29, 1.82) is 0 Å². The van der Waals surface area contributed by atoms with Crippen molar-refractivity contribution in [3.05, 3.63) is 149 Å². The normalized spacial score (nSPS) is 12.4. The molecule has 0 fully saturated rings. The summed E-state index contributed by atoms with van der Waals surface area (Å²) in [5.41, 5.74) is -0.384. The number of aromatic nitrogens is 1. The van der Waals surface area contributed by atoms with Crippen LogP contribution in [0, 0.1) is 18.8 Å². The molecule has 0 bridgehead atoms. The van der Waals surface area contributed by atoms with Gasteiger partial charge in [-0.05, 0) is 138 Å². The van der Waals surface area contributed by atoms with Crippen molar-refractivity contribution in [2.75, 3.05) is 63.6 Å². The Bertz CT molecular complexity index is 3030. The topological polar surface area (TPSA) is 133 Å². The second kappa shape index (κ2) is 22.1. The van der Waals surface area contributed by atoms with E-state index in [0.29, 0.717) is 59.6 Å². The average Bonchev–Trinajstić information content (AvgIpc) is 3.56. The highest BCUT2D eigenvalue weighted by Crippen LogP contribution is 2.40. The summed E-state index contributed by atoms with van der Waals surface area (Å²) in [6, 6.07) is 32.4. The minimum Gasteiger partial charge on any atom is -0.380 e. The molecule has 0 radical (unpaired) electrons. The monoisotopic (exact) mass is 1000 g/mol. The lowest BCUT2D eigenvalue weighted by atomic mass is 9.95. The van der Waals surface area contributed by atoms with Gasteiger partial charge in [0.25, 0.3) is 25.8 Å². The van der Waals surface area contributed by atoms with E-state index >= 15 is 0 Å². The number of amides is 1. The zero-order valence-corrected chi connectivity index (χ0v) is 41.5. The van der Waals surface area contributed by atoms with Crippen molar-refractivity contribution < 1.29 is 34.8 Å². The highest BCUT2D eigenvalue weighted by Gasteiger charge is 2.48. The Labute approximate surface area is 406 Å². The number of nitrogens with one attached hydrogen (secondary N) is 3. The molecule has 0 saturated carbocycles. The standard InChI is InChI=1S/C50H52ClF3N6O5S3/c1-34-46(49(61)55-28-30-59(4)5)47(48(60(34)6)37-19-21-39(51)22-20-37)38-12-10-11-36(31-38)16-15-35-17-23-40(24-18-35)57-68(64,65)43-25-26-44(45(32-43)67(62,63)50(52,53)54)56-41(27-29-58(2)3)33-66-42-13-8-7-9-14-42/h7-14,17-26,31-32,41,56-57H,27-30,33H2,1-6H3,(H,55,61). The number of rotatable bonds is 18. The van der Waals surface area contributed by atoms with E-state index in [4.69, 9.17) is 11.6 Å². The summed E-state index contributed by atoms with van der Waals surface area (Å²) in [6.45, 7) is 3.56. The van der Waals surface area contributed by atoms with Gasteiger partial charge in [-0.2, -0.15) is 13.2 Å². The van der Waals surface area contributed by atoms with Crippen LogP contribution in [0.5, 0.6) is 0 Å². The molecule has 1 unspecified atom stereocenters. The molecule has 0 spiro atoms. The average molecular weight is 1010 g/mol. The second-order valence-electron chi connectivity index (χ2n) is 16.5. The predicted octanol–water partition coefficient (Wildman–Crippen LogP) is 9.63. The summed E-state index contributed by atoms with van der Waals surface area (Å²) < 4.78 is 100. The third-order valence-electron chi connectivity index (χ3n) is 10.9. The van der Waals surface area contributed by atoms with Gasteiger partial charge in [-0.25, -0.2) is 16.8 Å². The molecule has 1 aromatic heterocycles. The number of anilines is 2. The van der Waals surface area contributed by atoms with Crippen LogP contribution in [-0.4, -0.2) is 102 Å². The van der Waals surface area contributed by atoms with Crippen LogP contribution in [0.1, 0.15) is 33.6 Å². The maximum absolute atomic E-state index is 14.1. The summed E-state index contributed by atoms with van der Waals surface area (Å²) in [7, 11) is -1.14. The van der Waals surface area contributed by atoms with E-state index in [2.05, 4.69) is 27.2 Å². The molecule has 1 atom stereocenters. The van der Waals surface area contributed by atoms with Crippen LogP contribution in [-0.2, 0) is 26.9 Å². The fraction of sp³-hybridized carbons (Fsp3) is 0.260. The first-order valence-corrected chi connectivity index (χ1v) is 25.7. The predicted molar refractivity (Wildman–Crippen MR) is 268 cm³/mol. The number of hydrogen-bond acceptors (Lipinski definition) is 9. The number of sulfone groups is 1. The lowest BCUT2D eigenvalue weighted by molar-refractivity contribution is -0.0435. The zero-order chi connectivity index (χ0) is 49.4. The van der Waals surface area contributed by atoms with E-state index in [1.807, 2.05) is 123 Å². The fourth-order valence-electron chi connectivity index (χ4n) is 7.20. The van der Waals surface area contributed by atoms with Crippen LogP contribution in [0.2, 0.25) is 5.02 Å². The molecule has 358 valence electrons. The lowest BCUT2D eigenvalue weighted by Crippen LogP contribution is -2.31. The van der Waals surface area contributed by atoms with E-state index in [1.165, 1.54) is 23.9 Å². The molecule has 0 aliphatic carbocycles. The Morgan fingerprint density at radius 3 is 2.10 bits per heavy atom. The van der Waals surface area contributed by atoms with Gasteiger partial charge in [0.05, 0.1) is 21.8 Å². The molecule has 68 heavy (non-hydrogen) atoms. The third kappa shape index (κ3) is 12.9. The molecular weight excluding hydrogens is 953 g/mol. The van der Waals surface area contributed by atoms with Crippen LogP contribution in [0.4, 0.5) is 24.5 Å². The number of nitrogens with zero attached hydrogens (tertiary/aromatic N) is 3. The second-order valence-corrected chi connectivity index (χ2v) is 21.6. The Balaban J connectivity index is 1.25. The minimum atomic E-state index is -6.00. The third-order valence-corrected chi connectivity index (χ3v) is 15.2. The Morgan fingerprint density at radius 1 is 0.794 bits per heavy atom. The summed E-state index contributed by atoms with van der Waals surface area (Å²) in [5.74, 6) is 6.41. The number of thioether (sulfide) groups is 1. The molecule has 11 nitrogen and oxygen atoms in total. The molecule has 5 aromatic carbocycles. The van der Waals surface area contributed by atoms with Gasteiger partial charge in [-0.1, -0.05) is 65.9 Å². The van der Waals surface area contributed by atoms with Gasteiger partial charge >= 0.3 is 5.51 Å². The molecule has 6 aromatic rings. The Kier molecular flexibility index (Phi) is 16.8. The number of likely N-dealkylation sites (N-methyl/N-ethyl adjacent to an activating group) is 1. The van der Waals surface area contributed by atoms with E-state index in [-0.39, 0.29) is 17.3 Å². The van der Waals surface area contributed by atoms with Gasteiger partial charge in [-0.3, -0.25) is 9.52 Å². The highest BCUT2D eigenvalue weighted by atomic mass is 35.5. The number of hydrogen-bond donors (Lipinski definition) is 3. The smallest absolute Gasteiger partial charge is 0.380 e. The number of benzene rings is 5. The molecule has 3 N–H and O–H groups in total. The molecule has 0 aliphatic heterocycles. The molecular formula is C50H52ClF3N6O5S3. The van der Waals surface area contributed by atoms with Crippen molar-refractivity contribution in [3.8, 4) is 34.2 Å². The van der Waals surface area contributed by atoms with Crippen molar-refractivity contribution in [2.24, 2.45) is 7.05 Å². The number of sulfonamides is 1. The summed E-state index contributed by atoms with van der Waals surface area (Å²) in [6.07, 6.45) is 0.449. The maximum Gasteiger partial charge on any atom is 0.501 e. The number of carbonyl (C=O) groups excluding carboxylic acids is 1. The number of carbonyl (C=O) groups is 1. The first-order chi connectivity index (χ1) is 32.1. The first kappa shape index (κ1) is 51.6. The molecule has 1 amide bonds.